The van der Waals surface area contributed by atoms with Crippen molar-refractivity contribution in [2.75, 3.05) is 33.3 Å². The van der Waals surface area contributed by atoms with Gasteiger partial charge < -0.3 is 14.4 Å². The fraction of sp³-hybridized carbons (Fsp3) is 0.450. The summed E-state index contributed by atoms with van der Waals surface area (Å²) in [5, 5.41) is 1.37. The SMILES string of the molecule is COc1ccc(S(=O)(=O)N2CCN(C(=O)OC(C)(C)C)CC2)c2ccccc12. The minimum Gasteiger partial charge on any atom is -0.496 e. The number of benzene rings is 2. The molecule has 28 heavy (non-hydrogen) atoms. The molecule has 1 aliphatic rings. The number of ether oxygens (including phenoxy) is 2. The van der Waals surface area contributed by atoms with E-state index in [9.17, 15) is 13.2 Å². The van der Waals surface area contributed by atoms with Crippen molar-refractivity contribution < 1.29 is 22.7 Å². The molecule has 1 fully saturated rings. The predicted octanol–water partition coefficient (Wildman–Crippen LogP) is 3.09. The van der Waals surface area contributed by atoms with E-state index in [0.717, 1.165) is 5.39 Å². The molecule has 8 heteroatoms. The van der Waals surface area contributed by atoms with Gasteiger partial charge in [-0.25, -0.2) is 13.2 Å². The van der Waals surface area contributed by atoms with Gasteiger partial charge >= 0.3 is 6.09 Å². The zero-order valence-corrected chi connectivity index (χ0v) is 17.5. The third kappa shape index (κ3) is 4.07. The number of nitrogens with zero attached hydrogens (tertiary/aromatic N) is 2. The molecule has 3 rings (SSSR count). The highest BCUT2D eigenvalue weighted by Gasteiger charge is 2.33. The number of hydrogen-bond donors (Lipinski definition) is 0. The zero-order valence-electron chi connectivity index (χ0n) is 16.6. The maximum absolute atomic E-state index is 13.3. The maximum Gasteiger partial charge on any atom is 0.410 e. The molecule has 0 saturated carbocycles. The van der Waals surface area contributed by atoms with Crippen molar-refractivity contribution in [1.82, 2.24) is 9.21 Å². The highest BCUT2D eigenvalue weighted by atomic mass is 32.2. The molecule has 1 heterocycles. The molecule has 2 aromatic carbocycles. The number of fused-ring (bicyclic) bond motifs is 1. The summed E-state index contributed by atoms with van der Waals surface area (Å²) in [6.45, 7) is 6.45. The quantitative estimate of drug-likeness (QED) is 0.783. The summed E-state index contributed by atoms with van der Waals surface area (Å²) < 4.78 is 38.7. The molecular formula is C20H26N2O5S. The van der Waals surface area contributed by atoms with Crippen molar-refractivity contribution in [2.24, 2.45) is 0 Å². The van der Waals surface area contributed by atoms with Gasteiger partial charge in [0.1, 0.15) is 11.4 Å². The van der Waals surface area contributed by atoms with Crippen LogP contribution in [0.3, 0.4) is 0 Å². The van der Waals surface area contributed by atoms with Crippen molar-refractivity contribution >= 4 is 26.9 Å². The predicted molar refractivity (Wildman–Crippen MR) is 107 cm³/mol. The molecule has 1 saturated heterocycles. The number of rotatable bonds is 3. The molecule has 0 N–H and O–H groups in total. The second-order valence-electron chi connectivity index (χ2n) is 7.68. The van der Waals surface area contributed by atoms with Crippen LogP contribution in [0.1, 0.15) is 20.8 Å². The van der Waals surface area contributed by atoms with Crippen LogP contribution in [0.25, 0.3) is 10.8 Å². The number of piperazine rings is 1. The van der Waals surface area contributed by atoms with Gasteiger partial charge in [0.15, 0.2) is 0 Å². The number of methoxy groups -OCH3 is 1. The third-order valence-corrected chi connectivity index (χ3v) is 6.53. The topological polar surface area (TPSA) is 76.2 Å². The van der Waals surface area contributed by atoms with Crippen LogP contribution in [0.4, 0.5) is 4.79 Å². The van der Waals surface area contributed by atoms with Crippen LogP contribution in [-0.4, -0.2) is 62.6 Å². The van der Waals surface area contributed by atoms with E-state index in [0.29, 0.717) is 24.2 Å². The second-order valence-corrected chi connectivity index (χ2v) is 9.59. The summed E-state index contributed by atoms with van der Waals surface area (Å²) in [5.41, 5.74) is -0.581. The van der Waals surface area contributed by atoms with E-state index in [4.69, 9.17) is 9.47 Å². The molecule has 0 radical (unpaired) electrons. The Labute approximate surface area is 165 Å². The van der Waals surface area contributed by atoms with Gasteiger partial charge in [-0.3, -0.25) is 0 Å². The summed E-state index contributed by atoms with van der Waals surface area (Å²) in [7, 11) is -2.14. The fourth-order valence-corrected chi connectivity index (χ4v) is 4.84. The van der Waals surface area contributed by atoms with Crippen molar-refractivity contribution in [3.63, 3.8) is 0 Å². The number of carbonyl (C=O) groups is 1. The first-order valence-electron chi connectivity index (χ1n) is 9.17. The highest BCUT2D eigenvalue weighted by molar-refractivity contribution is 7.89. The van der Waals surface area contributed by atoms with Crippen LogP contribution in [-0.2, 0) is 14.8 Å². The Hall–Kier alpha value is -2.32. The van der Waals surface area contributed by atoms with E-state index in [2.05, 4.69) is 0 Å². The summed E-state index contributed by atoms with van der Waals surface area (Å²) in [6, 6.07) is 10.5. The normalized spacial score (nSPS) is 16.2. The van der Waals surface area contributed by atoms with Crippen LogP contribution < -0.4 is 4.74 Å². The van der Waals surface area contributed by atoms with Crippen molar-refractivity contribution in [1.29, 1.82) is 0 Å². The maximum atomic E-state index is 13.3. The van der Waals surface area contributed by atoms with Gasteiger partial charge in [0.25, 0.3) is 0 Å². The van der Waals surface area contributed by atoms with E-state index in [1.54, 1.807) is 57.0 Å². The largest absolute Gasteiger partial charge is 0.496 e. The number of sulfonamides is 1. The van der Waals surface area contributed by atoms with Gasteiger partial charge in [-0.2, -0.15) is 4.31 Å². The van der Waals surface area contributed by atoms with Crippen LogP contribution >= 0.6 is 0 Å². The molecule has 0 aliphatic carbocycles. The van der Waals surface area contributed by atoms with Crippen molar-refractivity contribution in [3.8, 4) is 5.75 Å². The first-order chi connectivity index (χ1) is 13.1. The Bertz CT molecular complexity index is 974. The summed E-state index contributed by atoms with van der Waals surface area (Å²) in [6.07, 6.45) is -0.417. The molecular weight excluding hydrogens is 380 g/mol. The van der Waals surface area contributed by atoms with Crippen LogP contribution in [0.5, 0.6) is 5.75 Å². The molecule has 0 atom stereocenters. The zero-order chi connectivity index (χ0) is 20.5. The van der Waals surface area contributed by atoms with Crippen LogP contribution in [0.15, 0.2) is 41.3 Å². The standard InChI is InChI=1S/C20H26N2O5S/c1-20(2,3)27-19(23)21-11-13-22(14-12-21)28(24,25)18-10-9-17(26-4)15-7-5-6-8-16(15)18/h5-10H,11-14H2,1-4H3. The lowest BCUT2D eigenvalue weighted by Gasteiger charge is -2.35. The van der Waals surface area contributed by atoms with Gasteiger partial charge in [0.2, 0.25) is 10.0 Å². The Morgan fingerprint density at radius 3 is 2.14 bits per heavy atom. The summed E-state index contributed by atoms with van der Waals surface area (Å²) in [4.78, 5) is 14.0. The average Bonchev–Trinajstić information content (AvgIpc) is 2.65. The minimum absolute atomic E-state index is 0.224. The molecule has 152 valence electrons. The molecule has 1 aliphatic heterocycles. The summed E-state index contributed by atoms with van der Waals surface area (Å²) in [5.74, 6) is 0.629. The Morgan fingerprint density at radius 2 is 1.57 bits per heavy atom. The van der Waals surface area contributed by atoms with Crippen LogP contribution in [0, 0.1) is 0 Å². The van der Waals surface area contributed by atoms with Gasteiger partial charge in [0.05, 0.1) is 12.0 Å². The monoisotopic (exact) mass is 406 g/mol. The average molecular weight is 407 g/mol. The first kappa shape index (κ1) is 20.4. The first-order valence-corrected chi connectivity index (χ1v) is 10.6. The molecule has 1 amide bonds. The molecule has 0 aromatic heterocycles. The Balaban J connectivity index is 1.82. The van der Waals surface area contributed by atoms with Crippen molar-refractivity contribution in [2.45, 2.75) is 31.3 Å². The van der Waals surface area contributed by atoms with Gasteiger partial charge in [-0.1, -0.05) is 24.3 Å². The molecule has 0 spiro atoms. The van der Waals surface area contributed by atoms with E-state index in [-0.39, 0.29) is 18.0 Å². The molecule has 0 bridgehead atoms. The fourth-order valence-electron chi connectivity index (χ4n) is 3.22. The number of hydrogen-bond acceptors (Lipinski definition) is 5. The second kappa shape index (κ2) is 7.60. The lowest BCUT2D eigenvalue weighted by atomic mass is 10.1. The van der Waals surface area contributed by atoms with E-state index in [1.807, 2.05) is 12.1 Å². The number of amides is 1. The van der Waals surface area contributed by atoms with E-state index >= 15 is 0 Å². The van der Waals surface area contributed by atoms with Crippen LogP contribution in [0.2, 0.25) is 0 Å². The minimum atomic E-state index is -3.70. The highest BCUT2D eigenvalue weighted by Crippen LogP contribution is 2.32. The lowest BCUT2D eigenvalue weighted by molar-refractivity contribution is 0.0192. The van der Waals surface area contributed by atoms with Gasteiger partial charge in [0, 0.05) is 37.0 Å². The van der Waals surface area contributed by atoms with E-state index < -0.39 is 21.7 Å². The summed E-state index contributed by atoms with van der Waals surface area (Å²) >= 11 is 0. The molecule has 2 aromatic rings. The Morgan fingerprint density at radius 1 is 0.964 bits per heavy atom. The van der Waals surface area contributed by atoms with Gasteiger partial charge in [-0.15, -0.1) is 0 Å². The third-order valence-electron chi connectivity index (χ3n) is 4.57. The molecule has 7 nitrogen and oxygen atoms in total. The Kier molecular flexibility index (Phi) is 5.54. The molecule has 0 unspecified atom stereocenters. The number of carbonyl (C=O) groups excluding carboxylic acids is 1. The lowest BCUT2D eigenvalue weighted by Crippen LogP contribution is -2.51. The van der Waals surface area contributed by atoms with Gasteiger partial charge in [-0.05, 0) is 32.9 Å². The smallest absolute Gasteiger partial charge is 0.410 e. The van der Waals surface area contributed by atoms with E-state index in [1.165, 1.54) is 4.31 Å². The van der Waals surface area contributed by atoms with Crippen molar-refractivity contribution in [3.05, 3.63) is 36.4 Å².